The fourth-order valence-corrected chi connectivity index (χ4v) is 1.91. The molecular weight excluding hydrogens is 322 g/mol. The molecule has 2 aromatic carbocycles. The zero-order valence-corrected chi connectivity index (χ0v) is 12.6. The van der Waals surface area contributed by atoms with Gasteiger partial charge in [0.1, 0.15) is 11.5 Å². The Balaban J connectivity index is 2.01. The molecule has 0 spiro atoms. The molecule has 0 aromatic heterocycles. The summed E-state index contributed by atoms with van der Waals surface area (Å²) in [4.78, 5) is 24.1. The number of aromatic hydroxyl groups is 1. The third kappa shape index (κ3) is 4.52. The van der Waals surface area contributed by atoms with Gasteiger partial charge in [-0.15, -0.1) is 0 Å². The summed E-state index contributed by atoms with van der Waals surface area (Å²) in [6.45, 7) is -1.54. The summed E-state index contributed by atoms with van der Waals surface area (Å²) in [5.74, 6) is -1.27. The van der Waals surface area contributed by atoms with E-state index in [1.807, 2.05) is 0 Å². The standard InChI is InChI=1S/C17H14F2O5/c1-10(23-16(22)12-2-6-13(20)7-3-12)15(21)11-4-8-14(9-5-11)24-17(18)19/h2-10,17,20H,1H3/t10-/m0/s1. The van der Waals surface area contributed by atoms with Crippen LogP contribution in [0.5, 0.6) is 11.5 Å². The van der Waals surface area contributed by atoms with Gasteiger partial charge in [0.25, 0.3) is 0 Å². The minimum absolute atomic E-state index is 0.00165. The highest BCUT2D eigenvalue weighted by Gasteiger charge is 2.20. The number of ketones is 1. The molecule has 7 heteroatoms. The molecule has 126 valence electrons. The molecule has 0 amide bonds. The van der Waals surface area contributed by atoms with Gasteiger partial charge >= 0.3 is 12.6 Å². The largest absolute Gasteiger partial charge is 0.508 e. The number of alkyl halides is 2. The van der Waals surface area contributed by atoms with Crippen molar-refractivity contribution in [3.8, 4) is 11.5 Å². The predicted octanol–water partition coefficient (Wildman–Crippen LogP) is 3.42. The lowest BCUT2D eigenvalue weighted by molar-refractivity contribution is -0.0498. The van der Waals surface area contributed by atoms with Crippen molar-refractivity contribution in [3.05, 3.63) is 59.7 Å². The van der Waals surface area contributed by atoms with Crippen molar-refractivity contribution in [3.63, 3.8) is 0 Å². The summed E-state index contributed by atoms with van der Waals surface area (Å²) in [6, 6.07) is 10.5. The zero-order chi connectivity index (χ0) is 17.7. The lowest BCUT2D eigenvalue weighted by atomic mass is 10.1. The molecule has 2 aromatic rings. The van der Waals surface area contributed by atoms with E-state index in [-0.39, 0.29) is 22.6 Å². The molecule has 0 saturated heterocycles. The van der Waals surface area contributed by atoms with E-state index in [9.17, 15) is 23.5 Å². The summed E-state index contributed by atoms with van der Waals surface area (Å²) in [5.41, 5.74) is 0.385. The van der Waals surface area contributed by atoms with Crippen LogP contribution in [0.4, 0.5) is 8.78 Å². The van der Waals surface area contributed by atoms with Crippen LogP contribution in [0, 0.1) is 0 Å². The maximum Gasteiger partial charge on any atom is 0.387 e. The summed E-state index contributed by atoms with van der Waals surface area (Å²) >= 11 is 0. The zero-order valence-electron chi connectivity index (χ0n) is 12.6. The normalized spacial score (nSPS) is 11.8. The molecule has 0 aliphatic carbocycles. The number of benzene rings is 2. The van der Waals surface area contributed by atoms with E-state index in [0.717, 1.165) is 0 Å². The monoisotopic (exact) mass is 336 g/mol. The van der Waals surface area contributed by atoms with E-state index in [2.05, 4.69) is 4.74 Å². The highest BCUT2D eigenvalue weighted by atomic mass is 19.3. The molecule has 1 atom stereocenters. The van der Waals surface area contributed by atoms with Gasteiger partial charge in [-0.25, -0.2) is 4.79 Å². The van der Waals surface area contributed by atoms with Gasteiger partial charge in [0.15, 0.2) is 6.10 Å². The first-order valence-electron chi connectivity index (χ1n) is 6.96. The Morgan fingerprint density at radius 3 is 2.04 bits per heavy atom. The molecule has 0 radical (unpaired) electrons. The van der Waals surface area contributed by atoms with Gasteiger partial charge in [-0.05, 0) is 55.5 Å². The van der Waals surface area contributed by atoms with Crippen molar-refractivity contribution in [1.29, 1.82) is 0 Å². The Morgan fingerprint density at radius 1 is 0.958 bits per heavy atom. The summed E-state index contributed by atoms with van der Waals surface area (Å²) in [5, 5.41) is 9.17. The van der Waals surface area contributed by atoms with Gasteiger partial charge in [-0.3, -0.25) is 4.79 Å². The second-order valence-corrected chi connectivity index (χ2v) is 4.86. The average Bonchev–Trinajstić information content (AvgIpc) is 2.54. The lowest BCUT2D eigenvalue weighted by Gasteiger charge is -2.13. The molecule has 0 heterocycles. The number of halogens is 2. The molecule has 5 nitrogen and oxygen atoms in total. The summed E-state index contributed by atoms with van der Waals surface area (Å²) < 4.78 is 33.4. The Morgan fingerprint density at radius 2 is 1.50 bits per heavy atom. The van der Waals surface area contributed by atoms with Gasteiger partial charge in [0, 0.05) is 5.56 Å². The fourth-order valence-electron chi connectivity index (χ4n) is 1.91. The molecule has 2 rings (SSSR count). The molecule has 0 aliphatic rings. The van der Waals surface area contributed by atoms with E-state index in [4.69, 9.17) is 4.74 Å². The number of phenolic OH excluding ortho intramolecular Hbond substituents is 1. The number of esters is 1. The minimum atomic E-state index is -2.95. The van der Waals surface area contributed by atoms with Crippen molar-refractivity contribution in [2.24, 2.45) is 0 Å². The molecule has 0 saturated carbocycles. The topological polar surface area (TPSA) is 72.8 Å². The van der Waals surface area contributed by atoms with Gasteiger partial charge in [-0.1, -0.05) is 0 Å². The smallest absolute Gasteiger partial charge is 0.387 e. The number of carbonyl (C=O) groups excluding carboxylic acids is 2. The fraction of sp³-hybridized carbons (Fsp3) is 0.176. The minimum Gasteiger partial charge on any atom is -0.508 e. The molecule has 1 N–H and O–H groups in total. The van der Waals surface area contributed by atoms with E-state index < -0.39 is 24.5 Å². The van der Waals surface area contributed by atoms with Crippen LogP contribution in [0.3, 0.4) is 0 Å². The Hall–Kier alpha value is -2.96. The van der Waals surface area contributed by atoms with Crippen molar-refractivity contribution in [2.75, 3.05) is 0 Å². The number of rotatable bonds is 6. The van der Waals surface area contributed by atoms with Crippen LogP contribution in [-0.4, -0.2) is 29.6 Å². The number of ether oxygens (including phenoxy) is 2. The second kappa shape index (κ2) is 7.54. The highest BCUT2D eigenvalue weighted by Crippen LogP contribution is 2.17. The maximum atomic E-state index is 12.2. The van der Waals surface area contributed by atoms with E-state index in [0.29, 0.717) is 0 Å². The number of phenols is 1. The number of hydrogen-bond acceptors (Lipinski definition) is 5. The van der Waals surface area contributed by atoms with Crippen LogP contribution in [-0.2, 0) is 4.74 Å². The molecule has 0 unspecified atom stereocenters. The van der Waals surface area contributed by atoms with Crippen LogP contribution in [0.2, 0.25) is 0 Å². The first-order chi connectivity index (χ1) is 11.4. The van der Waals surface area contributed by atoms with Crippen LogP contribution in [0.25, 0.3) is 0 Å². The number of carbonyl (C=O) groups is 2. The Labute approximate surface area is 136 Å². The van der Waals surface area contributed by atoms with Crippen molar-refractivity contribution >= 4 is 11.8 Å². The van der Waals surface area contributed by atoms with Gasteiger partial charge in [0.2, 0.25) is 5.78 Å². The number of Topliss-reactive ketones (excluding diaryl/α,β-unsaturated/α-hetero) is 1. The highest BCUT2D eigenvalue weighted by molar-refractivity contribution is 6.01. The van der Waals surface area contributed by atoms with Gasteiger partial charge < -0.3 is 14.6 Å². The molecular formula is C17H14F2O5. The van der Waals surface area contributed by atoms with Crippen molar-refractivity contribution < 1.29 is 33.0 Å². The summed E-state index contributed by atoms with van der Waals surface area (Å²) in [6.07, 6.45) is -1.06. The van der Waals surface area contributed by atoms with Crippen molar-refractivity contribution in [1.82, 2.24) is 0 Å². The average molecular weight is 336 g/mol. The first kappa shape index (κ1) is 17.4. The van der Waals surface area contributed by atoms with Gasteiger partial charge in [-0.2, -0.15) is 8.78 Å². The van der Waals surface area contributed by atoms with Crippen LogP contribution in [0.1, 0.15) is 27.6 Å². The first-order valence-corrected chi connectivity index (χ1v) is 6.96. The molecule has 0 fully saturated rings. The quantitative estimate of drug-likeness (QED) is 0.646. The van der Waals surface area contributed by atoms with Gasteiger partial charge in [0.05, 0.1) is 5.56 Å². The van der Waals surface area contributed by atoms with Crippen LogP contribution >= 0.6 is 0 Å². The second-order valence-electron chi connectivity index (χ2n) is 4.86. The maximum absolute atomic E-state index is 12.2. The van der Waals surface area contributed by atoms with Crippen LogP contribution in [0.15, 0.2) is 48.5 Å². The SMILES string of the molecule is C[C@H](OC(=O)c1ccc(O)cc1)C(=O)c1ccc(OC(F)F)cc1. The Bertz CT molecular complexity index is 711. The van der Waals surface area contributed by atoms with E-state index >= 15 is 0 Å². The van der Waals surface area contributed by atoms with Crippen molar-refractivity contribution in [2.45, 2.75) is 19.6 Å². The van der Waals surface area contributed by atoms with Crippen LogP contribution < -0.4 is 4.74 Å². The van der Waals surface area contributed by atoms with E-state index in [1.54, 1.807) is 0 Å². The third-order valence-corrected chi connectivity index (χ3v) is 3.12. The van der Waals surface area contributed by atoms with E-state index in [1.165, 1.54) is 55.5 Å². The Kier molecular flexibility index (Phi) is 5.47. The molecule has 24 heavy (non-hydrogen) atoms. The lowest BCUT2D eigenvalue weighted by Crippen LogP contribution is -2.24. The summed E-state index contributed by atoms with van der Waals surface area (Å²) in [7, 11) is 0. The molecule has 0 bridgehead atoms. The molecule has 0 aliphatic heterocycles. The third-order valence-electron chi connectivity index (χ3n) is 3.12. The predicted molar refractivity (Wildman–Crippen MR) is 80.4 cm³/mol. The number of hydrogen-bond donors (Lipinski definition) is 1.